The van der Waals surface area contributed by atoms with E-state index in [1.807, 2.05) is 52.3 Å². The summed E-state index contributed by atoms with van der Waals surface area (Å²) in [5.74, 6) is 1.46. The average molecular weight is 436 g/mol. The molecule has 2 fully saturated rings. The topological polar surface area (TPSA) is 62.3 Å². The zero-order chi connectivity index (χ0) is 21.9. The molecule has 0 bridgehead atoms. The zero-order valence-corrected chi connectivity index (χ0v) is 18.2. The van der Waals surface area contributed by atoms with Crippen LogP contribution in [0.2, 0.25) is 0 Å². The van der Waals surface area contributed by atoms with Gasteiger partial charge in [0.05, 0.1) is 6.04 Å². The number of ether oxygens (including phenoxy) is 2. The summed E-state index contributed by atoms with van der Waals surface area (Å²) in [5.41, 5.74) is 1.16. The molecule has 0 aliphatic carbocycles. The molecule has 2 amide bonds. The Morgan fingerprint density at radius 2 is 1.69 bits per heavy atom. The number of benzene rings is 2. The largest absolute Gasteiger partial charge is 0.485 e. The molecule has 32 heavy (non-hydrogen) atoms. The molecule has 3 aliphatic heterocycles. The molecule has 0 N–H and O–H groups in total. The minimum absolute atomic E-state index is 0.0372. The number of rotatable bonds is 4. The van der Waals surface area contributed by atoms with E-state index in [1.165, 1.54) is 0 Å². The van der Waals surface area contributed by atoms with E-state index in [2.05, 4.69) is 17.0 Å². The van der Waals surface area contributed by atoms with Gasteiger partial charge in [0, 0.05) is 39.3 Å². The van der Waals surface area contributed by atoms with E-state index < -0.39 is 6.10 Å². The van der Waals surface area contributed by atoms with Gasteiger partial charge >= 0.3 is 0 Å². The van der Waals surface area contributed by atoms with Crippen molar-refractivity contribution in [1.29, 1.82) is 0 Å². The van der Waals surface area contributed by atoms with Crippen molar-refractivity contribution in [2.75, 3.05) is 39.3 Å². The summed E-state index contributed by atoms with van der Waals surface area (Å²) in [5, 5.41) is 0. The molecule has 5 rings (SSSR count). The lowest BCUT2D eigenvalue weighted by Gasteiger charge is -2.30. The van der Waals surface area contributed by atoms with Gasteiger partial charge in [0.1, 0.15) is 6.61 Å². The van der Waals surface area contributed by atoms with Crippen molar-refractivity contribution in [3.8, 4) is 11.5 Å². The summed E-state index contributed by atoms with van der Waals surface area (Å²) < 4.78 is 11.6. The highest BCUT2D eigenvalue weighted by Gasteiger charge is 2.38. The molecular formula is C25H29N3O4. The third-order valence-corrected chi connectivity index (χ3v) is 6.55. The van der Waals surface area contributed by atoms with E-state index in [9.17, 15) is 9.59 Å². The molecule has 7 heteroatoms. The van der Waals surface area contributed by atoms with Gasteiger partial charge in [-0.15, -0.1) is 0 Å². The fraction of sp³-hybridized carbons (Fsp3) is 0.440. The van der Waals surface area contributed by atoms with Crippen molar-refractivity contribution in [3.63, 3.8) is 0 Å². The van der Waals surface area contributed by atoms with E-state index in [4.69, 9.17) is 9.47 Å². The Morgan fingerprint density at radius 1 is 0.906 bits per heavy atom. The van der Waals surface area contributed by atoms with Gasteiger partial charge in [0.25, 0.3) is 5.91 Å². The minimum Gasteiger partial charge on any atom is -0.485 e. The molecule has 2 saturated heterocycles. The maximum Gasteiger partial charge on any atom is 0.267 e. The Bertz CT molecular complexity index is 967. The van der Waals surface area contributed by atoms with Crippen LogP contribution in [0.15, 0.2) is 54.6 Å². The van der Waals surface area contributed by atoms with E-state index in [0.29, 0.717) is 37.7 Å². The summed E-state index contributed by atoms with van der Waals surface area (Å²) >= 11 is 0. The van der Waals surface area contributed by atoms with Crippen LogP contribution in [0.3, 0.4) is 0 Å². The van der Waals surface area contributed by atoms with Gasteiger partial charge in [-0.1, -0.05) is 42.5 Å². The highest BCUT2D eigenvalue weighted by molar-refractivity contribution is 5.84. The number of hydrogen-bond donors (Lipinski definition) is 0. The second kappa shape index (κ2) is 9.20. The van der Waals surface area contributed by atoms with E-state index in [-0.39, 0.29) is 24.5 Å². The van der Waals surface area contributed by atoms with Crippen molar-refractivity contribution in [2.24, 2.45) is 0 Å². The van der Waals surface area contributed by atoms with Crippen molar-refractivity contribution in [1.82, 2.24) is 14.7 Å². The monoisotopic (exact) mass is 435 g/mol. The highest BCUT2D eigenvalue weighted by atomic mass is 16.6. The summed E-state index contributed by atoms with van der Waals surface area (Å²) in [7, 11) is 0. The minimum atomic E-state index is -0.620. The van der Waals surface area contributed by atoms with Crippen molar-refractivity contribution < 1.29 is 19.1 Å². The van der Waals surface area contributed by atoms with Crippen LogP contribution in [0.25, 0.3) is 0 Å². The first-order valence-corrected chi connectivity index (χ1v) is 11.4. The van der Waals surface area contributed by atoms with Crippen LogP contribution in [-0.2, 0) is 16.1 Å². The maximum absolute atomic E-state index is 13.1. The van der Waals surface area contributed by atoms with Crippen LogP contribution in [0.5, 0.6) is 11.5 Å². The lowest BCUT2D eigenvalue weighted by molar-refractivity contribution is -0.141. The summed E-state index contributed by atoms with van der Waals surface area (Å²) in [6.07, 6.45) is 1.07. The normalized spacial score (nSPS) is 23.8. The molecule has 7 nitrogen and oxygen atoms in total. The molecule has 168 valence electrons. The van der Waals surface area contributed by atoms with Crippen LogP contribution < -0.4 is 9.47 Å². The second-order valence-electron chi connectivity index (χ2n) is 8.63. The van der Waals surface area contributed by atoms with Gasteiger partial charge in [0.15, 0.2) is 11.5 Å². The number of nitrogens with zero attached hydrogens (tertiary/aromatic N) is 3. The van der Waals surface area contributed by atoms with Crippen LogP contribution in [0.1, 0.15) is 18.4 Å². The Kier molecular flexibility index (Phi) is 5.99. The molecule has 0 spiro atoms. The molecule has 3 heterocycles. The first-order valence-electron chi connectivity index (χ1n) is 11.4. The molecule has 3 aliphatic rings. The molecule has 2 aromatic carbocycles. The van der Waals surface area contributed by atoms with Crippen molar-refractivity contribution in [3.05, 3.63) is 60.2 Å². The standard InChI is InChI=1S/C25H29N3O4/c29-24-20(11-14-28(24)17-19-7-2-1-3-8-19)26-12-6-13-27(16-15-26)25(30)23-18-31-21-9-4-5-10-22(21)32-23/h1-5,7-10,20,23H,6,11-18H2. The Balaban J connectivity index is 1.17. The number of amides is 2. The van der Waals surface area contributed by atoms with E-state index >= 15 is 0 Å². The van der Waals surface area contributed by atoms with Crippen LogP contribution in [-0.4, -0.2) is 78.0 Å². The molecular weight excluding hydrogens is 406 g/mol. The SMILES string of the molecule is O=C(C1COc2ccccc2O1)N1CCCN(C2CCN(Cc3ccccc3)C2=O)CC1. The average Bonchev–Trinajstić information content (AvgIpc) is 3.03. The quantitative estimate of drug-likeness (QED) is 0.737. The first kappa shape index (κ1) is 20.8. The maximum atomic E-state index is 13.1. The van der Waals surface area contributed by atoms with Gasteiger partial charge in [-0.25, -0.2) is 0 Å². The van der Waals surface area contributed by atoms with Gasteiger partial charge in [-0.05, 0) is 30.5 Å². The fourth-order valence-corrected chi connectivity index (χ4v) is 4.84. The molecule has 0 radical (unpaired) electrons. The zero-order valence-electron chi connectivity index (χ0n) is 18.2. The lowest BCUT2D eigenvalue weighted by atomic mass is 10.2. The highest BCUT2D eigenvalue weighted by Crippen LogP contribution is 2.31. The summed E-state index contributed by atoms with van der Waals surface area (Å²) in [6, 6.07) is 17.5. The van der Waals surface area contributed by atoms with Crippen LogP contribution in [0.4, 0.5) is 0 Å². The number of hydrogen-bond acceptors (Lipinski definition) is 5. The predicted octanol–water partition coefficient (Wildman–Crippen LogP) is 2.16. The first-order chi connectivity index (χ1) is 15.7. The molecule has 0 saturated carbocycles. The number of para-hydroxylation sites is 2. The molecule has 2 aromatic rings. The summed E-state index contributed by atoms with van der Waals surface area (Å²) in [6.45, 7) is 4.47. The van der Waals surface area contributed by atoms with Gasteiger partial charge in [-0.3, -0.25) is 14.5 Å². The Morgan fingerprint density at radius 3 is 2.53 bits per heavy atom. The number of likely N-dealkylation sites (tertiary alicyclic amines) is 1. The number of fused-ring (bicyclic) bond motifs is 1. The molecule has 2 atom stereocenters. The van der Waals surface area contributed by atoms with Gasteiger partial charge < -0.3 is 19.3 Å². The smallest absolute Gasteiger partial charge is 0.267 e. The molecule has 0 aromatic heterocycles. The third kappa shape index (κ3) is 4.30. The number of carbonyl (C=O) groups is 2. The Labute approximate surface area is 188 Å². The summed E-state index contributed by atoms with van der Waals surface area (Å²) in [4.78, 5) is 32.2. The Hall–Kier alpha value is -3.06. The van der Waals surface area contributed by atoms with Crippen LogP contribution in [0, 0.1) is 0 Å². The third-order valence-electron chi connectivity index (χ3n) is 6.55. The van der Waals surface area contributed by atoms with Crippen molar-refractivity contribution >= 4 is 11.8 Å². The lowest BCUT2D eigenvalue weighted by Crippen LogP contribution is -2.48. The molecule has 2 unspecified atom stereocenters. The van der Waals surface area contributed by atoms with Gasteiger partial charge in [-0.2, -0.15) is 0 Å². The van der Waals surface area contributed by atoms with Gasteiger partial charge in [0.2, 0.25) is 12.0 Å². The van der Waals surface area contributed by atoms with E-state index in [0.717, 1.165) is 31.5 Å². The number of carbonyl (C=O) groups excluding carboxylic acids is 2. The second-order valence-corrected chi connectivity index (χ2v) is 8.63. The van der Waals surface area contributed by atoms with E-state index in [1.54, 1.807) is 0 Å². The van der Waals surface area contributed by atoms with Crippen LogP contribution >= 0.6 is 0 Å². The fourth-order valence-electron chi connectivity index (χ4n) is 4.84. The predicted molar refractivity (Wildman–Crippen MR) is 119 cm³/mol. The van der Waals surface area contributed by atoms with Crippen molar-refractivity contribution in [2.45, 2.75) is 31.5 Å².